The number of rotatable bonds is 2. The van der Waals surface area contributed by atoms with Crippen molar-refractivity contribution in [2.45, 2.75) is 23.8 Å². The van der Waals surface area contributed by atoms with Crippen LogP contribution in [0.15, 0.2) is 21.5 Å². The molecule has 1 fully saturated rings. The van der Waals surface area contributed by atoms with E-state index in [9.17, 15) is 17.9 Å². The van der Waals surface area contributed by atoms with Gasteiger partial charge in [-0.3, -0.25) is 0 Å². The second kappa shape index (κ2) is 5.35. The third kappa shape index (κ3) is 2.91. The predicted octanol–water partition coefficient (Wildman–Crippen LogP) is 1.32. The van der Waals surface area contributed by atoms with E-state index in [0.717, 1.165) is 10.4 Å². The monoisotopic (exact) mass is 352 g/mol. The van der Waals surface area contributed by atoms with Crippen molar-refractivity contribution in [2.24, 2.45) is 0 Å². The minimum atomic E-state index is -3.98. The molecular weight excluding hydrogens is 339 g/mol. The van der Waals surface area contributed by atoms with Crippen molar-refractivity contribution in [1.29, 1.82) is 0 Å². The van der Waals surface area contributed by atoms with Crippen LogP contribution in [-0.4, -0.2) is 37.0 Å². The highest BCUT2D eigenvalue weighted by atomic mass is 79.9. The average Bonchev–Trinajstić information content (AvgIpc) is 2.33. The molecule has 1 saturated heterocycles. The highest BCUT2D eigenvalue weighted by molar-refractivity contribution is 9.10. The van der Waals surface area contributed by atoms with Gasteiger partial charge in [-0.05, 0) is 40.9 Å². The number of nitrogens with zero attached hydrogens (tertiary/aromatic N) is 1. The van der Waals surface area contributed by atoms with Crippen LogP contribution in [0.3, 0.4) is 0 Å². The molecule has 1 aliphatic heterocycles. The molecule has 3 N–H and O–H groups in total. The van der Waals surface area contributed by atoms with Gasteiger partial charge >= 0.3 is 0 Å². The molecule has 0 saturated carbocycles. The highest BCUT2D eigenvalue weighted by Crippen LogP contribution is 2.29. The number of sulfonamides is 1. The molecule has 0 unspecified atom stereocenters. The lowest BCUT2D eigenvalue weighted by atomic mass is 10.1. The first kappa shape index (κ1) is 14.7. The second-order valence-corrected chi connectivity index (χ2v) is 7.23. The van der Waals surface area contributed by atoms with Crippen LogP contribution in [0.1, 0.15) is 12.8 Å². The molecule has 1 aromatic rings. The molecular formula is C11H14BrFN2O3S. The average molecular weight is 353 g/mol. The lowest BCUT2D eigenvalue weighted by molar-refractivity contribution is 0.108. The fourth-order valence-corrected chi connectivity index (χ4v) is 4.30. The van der Waals surface area contributed by atoms with Gasteiger partial charge in [-0.1, -0.05) is 0 Å². The van der Waals surface area contributed by atoms with E-state index in [-0.39, 0.29) is 23.2 Å². The fourth-order valence-electron chi connectivity index (χ4n) is 2.05. The Labute approximate surface area is 119 Å². The van der Waals surface area contributed by atoms with Crippen molar-refractivity contribution in [2.75, 3.05) is 18.8 Å². The van der Waals surface area contributed by atoms with Gasteiger partial charge in [0.15, 0.2) is 5.82 Å². The minimum absolute atomic E-state index is 0.00336. The van der Waals surface area contributed by atoms with E-state index in [1.54, 1.807) is 0 Å². The molecule has 106 valence electrons. The summed E-state index contributed by atoms with van der Waals surface area (Å²) in [6, 6.07) is 2.40. The summed E-state index contributed by atoms with van der Waals surface area (Å²) in [6.45, 7) is 0.249. The standard InChI is InChI=1S/C11H14BrFN2O3S/c12-9-4-7(14)5-10(11(9)13)19(17,18)15-3-1-2-8(16)6-15/h4-5,8,16H,1-3,6,14H2/t8-/m0/s1. The summed E-state index contributed by atoms with van der Waals surface area (Å²) < 4.78 is 39.8. The van der Waals surface area contributed by atoms with Crippen LogP contribution in [0.4, 0.5) is 10.1 Å². The zero-order valence-electron chi connectivity index (χ0n) is 10.0. The molecule has 1 aromatic carbocycles. The lowest BCUT2D eigenvalue weighted by Crippen LogP contribution is -2.42. The summed E-state index contributed by atoms with van der Waals surface area (Å²) in [4.78, 5) is -0.464. The smallest absolute Gasteiger partial charge is 0.246 e. The third-order valence-corrected chi connectivity index (χ3v) is 5.44. The number of aliphatic hydroxyl groups excluding tert-OH is 1. The first-order chi connectivity index (χ1) is 8.82. The Morgan fingerprint density at radius 3 is 2.79 bits per heavy atom. The third-order valence-electron chi connectivity index (χ3n) is 2.99. The summed E-state index contributed by atoms with van der Waals surface area (Å²) in [5, 5.41) is 9.53. The molecule has 1 aliphatic rings. The van der Waals surface area contributed by atoms with E-state index in [0.29, 0.717) is 12.8 Å². The number of anilines is 1. The van der Waals surface area contributed by atoms with Gasteiger partial charge < -0.3 is 10.8 Å². The lowest BCUT2D eigenvalue weighted by Gasteiger charge is -2.29. The van der Waals surface area contributed by atoms with Crippen molar-refractivity contribution in [3.8, 4) is 0 Å². The Morgan fingerprint density at radius 1 is 1.47 bits per heavy atom. The molecule has 0 spiro atoms. The number of aliphatic hydroxyl groups is 1. The molecule has 8 heteroatoms. The van der Waals surface area contributed by atoms with Crippen LogP contribution in [0.25, 0.3) is 0 Å². The van der Waals surface area contributed by atoms with Gasteiger partial charge in [0.1, 0.15) is 4.90 Å². The number of hydrogen-bond donors (Lipinski definition) is 2. The van der Waals surface area contributed by atoms with Crippen molar-refractivity contribution in [1.82, 2.24) is 4.31 Å². The van der Waals surface area contributed by atoms with E-state index in [2.05, 4.69) is 15.9 Å². The molecule has 2 rings (SSSR count). The summed E-state index contributed by atoms with van der Waals surface area (Å²) in [5.41, 5.74) is 5.71. The maximum atomic E-state index is 14.0. The number of β-amino-alcohol motifs (C(OH)–C–C–N with tert-alkyl or cyclic N) is 1. The summed E-state index contributed by atoms with van der Waals surface area (Å²) in [6.07, 6.45) is 0.386. The molecule has 0 radical (unpaired) electrons. The number of hydrogen-bond acceptors (Lipinski definition) is 4. The molecule has 5 nitrogen and oxygen atoms in total. The minimum Gasteiger partial charge on any atom is -0.399 e. The molecule has 0 amide bonds. The summed E-state index contributed by atoms with van der Waals surface area (Å²) >= 11 is 2.94. The molecule has 19 heavy (non-hydrogen) atoms. The van der Waals surface area contributed by atoms with Crippen molar-refractivity contribution in [3.63, 3.8) is 0 Å². The molecule has 1 atom stereocenters. The van der Waals surface area contributed by atoms with Crippen LogP contribution < -0.4 is 5.73 Å². The van der Waals surface area contributed by atoms with Gasteiger partial charge in [-0.15, -0.1) is 0 Å². The molecule has 0 aliphatic carbocycles. The molecule has 1 heterocycles. The van der Waals surface area contributed by atoms with E-state index < -0.39 is 26.8 Å². The van der Waals surface area contributed by atoms with Crippen LogP contribution >= 0.6 is 15.9 Å². The normalized spacial score (nSPS) is 21.5. The Morgan fingerprint density at radius 2 is 2.16 bits per heavy atom. The van der Waals surface area contributed by atoms with Crippen LogP contribution in [0.5, 0.6) is 0 Å². The number of halogens is 2. The first-order valence-electron chi connectivity index (χ1n) is 5.75. The van der Waals surface area contributed by atoms with Gasteiger partial charge in [0.25, 0.3) is 0 Å². The Hall–Kier alpha value is -0.700. The number of piperidine rings is 1. The highest BCUT2D eigenvalue weighted by Gasteiger charge is 2.32. The van der Waals surface area contributed by atoms with E-state index in [1.807, 2.05) is 0 Å². The summed E-state index contributed by atoms with van der Waals surface area (Å²) in [5.74, 6) is -0.866. The Balaban J connectivity index is 2.45. The van der Waals surface area contributed by atoms with Crippen molar-refractivity contribution in [3.05, 3.63) is 22.4 Å². The van der Waals surface area contributed by atoms with Gasteiger partial charge in [-0.25, -0.2) is 12.8 Å². The van der Waals surface area contributed by atoms with Crippen LogP contribution in [-0.2, 0) is 10.0 Å². The summed E-state index contributed by atoms with van der Waals surface area (Å²) in [7, 11) is -3.98. The number of nitrogen functional groups attached to an aromatic ring is 1. The first-order valence-corrected chi connectivity index (χ1v) is 7.98. The van der Waals surface area contributed by atoms with Crippen LogP contribution in [0.2, 0.25) is 0 Å². The zero-order chi connectivity index (χ0) is 14.2. The second-order valence-electron chi connectivity index (χ2n) is 4.47. The van der Waals surface area contributed by atoms with E-state index >= 15 is 0 Å². The molecule has 0 aromatic heterocycles. The Kier molecular flexibility index (Phi) is 4.14. The maximum Gasteiger partial charge on any atom is 0.246 e. The van der Waals surface area contributed by atoms with E-state index in [4.69, 9.17) is 5.73 Å². The maximum absolute atomic E-state index is 14.0. The predicted molar refractivity (Wildman–Crippen MR) is 72.5 cm³/mol. The van der Waals surface area contributed by atoms with E-state index in [1.165, 1.54) is 6.07 Å². The SMILES string of the molecule is Nc1cc(Br)c(F)c(S(=O)(=O)N2CCC[C@H](O)C2)c1. The number of benzene rings is 1. The van der Waals surface area contributed by atoms with Gasteiger partial charge in [0.2, 0.25) is 10.0 Å². The fraction of sp³-hybridized carbons (Fsp3) is 0.455. The Bertz CT molecular complexity index is 594. The van der Waals surface area contributed by atoms with Crippen molar-refractivity contribution < 1.29 is 17.9 Å². The van der Waals surface area contributed by atoms with Crippen LogP contribution in [0, 0.1) is 5.82 Å². The molecule has 0 bridgehead atoms. The van der Waals surface area contributed by atoms with Gasteiger partial charge in [-0.2, -0.15) is 4.31 Å². The van der Waals surface area contributed by atoms with Gasteiger partial charge in [0, 0.05) is 18.8 Å². The topological polar surface area (TPSA) is 83.6 Å². The van der Waals surface area contributed by atoms with Gasteiger partial charge in [0.05, 0.1) is 10.6 Å². The largest absolute Gasteiger partial charge is 0.399 e. The van der Waals surface area contributed by atoms with Crippen molar-refractivity contribution >= 4 is 31.6 Å². The zero-order valence-corrected chi connectivity index (χ0v) is 12.4. The number of nitrogens with two attached hydrogens (primary N) is 1. The quantitative estimate of drug-likeness (QED) is 0.786.